The van der Waals surface area contributed by atoms with Gasteiger partial charge in [0.05, 0.1) is 0 Å². The van der Waals surface area contributed by atoms with Crippen LogP contribution >= 0.6 is 0 Å². The molecule has 85 valence electrons. The lowest BCUT2D eigenvalue weighted by molar-refractivity contribution is 0.124. The summed E-state index contributed by atoms with van der Waals surface area (Å²) in [5.41, 5.74) is 0.420. The van der Waals surface area contributed by atoms with Gasteiger partial charge in [0, 0.05) is 0 Å². The predicted octanol–water partition coefficient (Wildman–Crippen LogP) is 4.95. The van der Waals surface area contributed by atoms with E-state index in [4.69, 9.17) is 0 Å². The lowest BCUT2D eigenvalue weighted by Crippen LogP contribution is -2.35. The molecule has 0 N–H and O–H groups in total. The Balaban J connectivity index is 4.69. The Morgan fingerprint density at radius 2 is 1.50 bits per heavy atom. The van der Waals surface area contributed by atoms with Gasteiger partial charge in [-0.1, -0.05) is 55.4 Å². The molecule has 0 aliphatic heterocycles. The van der Waals surface area contributed by atoms with Gasteiger partial charge in [-0.15, -0.1) is 0 Å². The fourth-order valence-corrected chi connectivity index (χ4v) is 2.29. The lowest BCUT2D eigenvalue weighted by Gasteiger charge is -2.43. The van der Waals surface area contributed by atoms with Gasteiger partial charge in [-0.05, 0) is 35.5 Å². The van der Waals surface area contributed by atoms with Gasteiger partial charge in [-0.2, -0.15) is 0 Å². The average Bonchev–Trinajstić information content (AvgIpc) is 2.13. The van der Waals surface area contributed by atoms with Crippen LogP contribution in [0.3, 0.4) is 0 Å². The zero-order valence-corrected chi connectivity index (χ0v) is 11.4. The normalized spacial score (nSPS) is 21.0. The molecule has 0 aromatic rings. The van der Waals surface area contributed by atoms with Gasteiger partial charge in [0.2, 0.25) is 0 Å². The van der Waals surface area contributed by atoms with Crippen LogP contribution in [0.25, 0.3) is 0 Å². The standard InChI is InChI=1S/C14H29/c1-9-14(8,11(4)5)13(7)12(6)10(2)3/h10,12-13H,9H2,1-8H3. The van der Waals surface area contributed by atoms with Crippen LogP contribution in [-0.4, -0.2) is 0 Å². The average molecular weight is 197 g/mol. The first-order chi connectivity index (χ1) is 6.27. The Bertz CT molecular complexity index is 157. The molecule has 0 aromatic heterocycles. The van der Waals surface area contributed by atoms with E-state index in [1.54, 1.807) is 5.92 Å². The third-order valence-electron chi connectivity index (χ3n) is 4.72. The Labute approximate surface area is 91.5 Å². The van der Waals surface area contributed by atoms with E-state index < -0.39 is 0 Å². The van der Waals surface area contributed by atoms with Gasteiger partial charge in [-0.3, -0.25) is 0 Å². The summed E-state index contributed by atoms with van der Waals surface area (Å²) < 4.78 is 0. The molecule has 0 amide bonds. The Hall–Kier alpha value is 0. The summed E-state index contributed by atoms with van der Waals surface area (Å²) >= 11 is 0. The fourth-order valence-electron chi connectivity index (χ4n) is 2.29. The smallest absolute Gasteiger partial charge is 0.0241 e. The van der Waals surface area contributed by atoms with Crippen molar-refractivity contribution < 1.29 is 0 Å². The van der Waals surface area contributed by atoms with Crippen LogP contribution < -0.4 is 0 Å². The van der Waals surface area contributed by atoms with Crippen molar-refractivity contribution in [2.45, 2.75) is 61.8 Å². The van der Waals surface area contributed by atoms with Crippen LogP contribution in [0.1, 0.15) is 61.8 Å². The Kier molecular flexibility index (Phi) is 5.19. The molecule has 0 saturated heterocycles. The molecule has 0 heteroatoms. The van der Waals surface area contributed by atoms with E-state index >= 15 is 0 Å². The minimum atomic E-state index is 0.420. The van der Waals surface area contributed by atoms with Crippen molar-refractivity contribution >= 4 is 0 Å². The van der Waals surface area contributed by atoms with Gasteiger partial charge < -0.3 is 0 Å². The van der Waals surface area contributed by atoms with Crippen molar-refractivity contribution in [2.24, 2.45) is 23.2 Å². The lowest BCUT2D eigenvalue weighted by atomic mass is 9.62. The highest BCUT2D eigenvalue weighted by Gasteiger charge is 2.36. The summed E-state index contributed by atoms with van der Waals surface area (Å²) in [6, 6.07) is 0. The topological polar surface area (TPSA) is 0 Å². The summed E-state index contributed by atoms with van der Waals surface area (Å²) in [5.74, 6) is 3.95. The molecule has 1 radical (unpaired) electrons. The molecule has 0 fully saturated rings. The highest BCUT2D eigenvalue weighted by molar-refractivity contribution is 5.01. The highest BCUT2D eigenvalue weighted by Crippen LogP contribution is 2.44. The minimum Gasteiger partial charge on any atom is -0.0648 e. The van der Waals surface area contributed by atoms with Crippen molar-refractivity contribution in [1.29, 1.82) is 0 Å². The van der Waals surface area contributed by atoms with Crippen LogP contribution in [0.15, 0.2) is 0 Å². The van der Waals surface area contributed by atoms with Crippen LogP contribution in [0.5, 0.6) is 0 Å². The summed E-state index contributed by atoms with van der Waals surface area (Å²) in [6.07, 6.45) is 1.26. The van der Waals surface area contributed by atoms with E-state index in [-0.39, 0.29) is 0 Å². The quantitative estimate of drug-likeness (QED) is 0.585. The molecular formula is C14H29. The maximum atomic E-state index is 2.42. The molecule has 3 unspecified atom stereocenters. The van der Waals surface area contributed by atoms with E-state index in [1.807, 2.05) is 0 Å². The molecule has 0 rings (SSSR count). The summed E-state index contributed by atoms with van der Waals surface area (Å²) in [5, 5.41) is 0. The van der Waals surface area contributed by atoms with Crippen molar-refractivity contribution in [1.82, 2.24) is 0 Å². The van der Waals surface area contributed by atoms with Gasteiger partial charge in [0.1, 0.15) is 0 Å². The maximum absolute atomic E-state index is 2.42. The summed E-state index contributed by atoms with van der Waals surface area (Å²) in [4.78, 5) is 0. The second kappa shape index (κ2) is 5.19. The van der Waals surface area contributed by atoms with E-state index in [0.29, 0.717) is 5.41 Å². The van der Waals surface area contributed by atoms with Gasteiger partial charge in [-0.25, -0.2) is 0 Å². The maximum Gasteiger partial charge on any atom is -0.0241 e. The largest absolute Gasteiger partial charge is 0.0648 e. The molecule has 3 atom stereocenters. The molecule has 0 spiro atoms. The molecule has 0 heterocycles. The minimum absolute atomic E-state index is 0.420. The number of rotatable bonds is 5. The third kappa shape index (κ3) is 2.74. The van der Waals surface area contributed by atoms with E-state index in [9.17, 15) is 0 Å². The monoisotopic (exact) mass is 197 g/mol. The third-order valence-corrected chi connectivity index (χ3v) is 4.72. The van der Waals surface area contributed by atoms with Crippen molar-refractivity contribution in [3.63, 3.8) is 0 Å². The van der Waals surface area contributed by atoms with Crippen molar-refractivity contribution in [2.75, 3.05) is 0 Å². The zero-order chi connectivity index (χ0) is 11.5. The summed E-state index contributed by atoms with van der Waals surface area (Å²) in [6.45, 7) is 18.8. The second-order valence-corrected chi connectivity index (χ2v) is 5.66. The molecular weight excluding hydrogens is 168 g/mol. The summed E-state index contributed by atoms with van der Waals surface area (Å²) in [7, 11) is 0. The Morgan fingerprint density at radius 1 is 1.07 bits per heavy atom. The first-order valence-corrected chi connectivity index (χ1v) is 6.08. The molecule has 0 aromatic carbocycles. The van der Waals surface area contributed by atoms with Gasteiger partial charge in [0.15, 0.2) is 0 Å². The van der Waals surface area contributed by atoms with E-state index in [0.717, 1.165) is 17.8 Å². The molecule has 0 aliphatic carbocycles. The molecule has 0 aliphatic rings. The van der Waals surface area contributed by atoms with Crippen LogP contribution in [0, 0.1) is 29.1 Å². The number of hydrogen-bond acceptors (Lipinski definition) is 0. The van der Waals surface area contributed by atoms with Gasteiger partial charge >= 0.3 is 0 Å². The molecule has 14 heavy (non-hydrogen) atoms. The molecule has 0 nitrogen and oxygen atoms in total. The van der Waals surface area contributed by atoms with Crippen LogP contribution in [-0.2, 0) is 0 Å². The predicted molar refractivity (Wildman–Crippen MR) is 66.2 cm³/mol. The van der Waals surface area contributed by atoms with E-state index in [2.05, 4.69) is 55.4 Å². The number of hydrogen-bond donors (Lipinski definition) is 0. The van der Waals surface area contributed by atoms with E-state index in [1.165, 1.54) is 6.42 Å². The second-order valence-electron chi connectivity index (χ2n) is 5.66. The fraction of sp³-hybridized carbons (Fsp3) is 0.929. The first kappa shape index (κ1) is 14.0. The van der Waals surface area contributed by atoms with Crippen molar-refractivity contribution in [3.8, 4) is 0 Å². The highest BCUT2D eigenvalue weighted by atomic mass is 14.4. The van der Waals surface area contributed by atoms with Gasteiger partial charge in [0.25, 0.3) is 0 Å². The van der Waals surface area contributed by atoms with Crippen molar-refractivity contribution in [3.05, 3.63) is 5.92 Å². The van der Waals surface area contributed by atoms with Crippen LogP contribution in [0.2, 0.25) is 0 Å². The zero-order valence-electron chi connectivity index (χ0n) is 11.4. The first-order valence-electron chi connectivity index (χ1n) is 6.08. The Morgan fingerprint density at radius 3 is 1.71 bits per heavy atom. The molecule has 0 saturated carbocycles. The molecule has 0 bridgehead atoms. The van der Waals surface area contributed by atoms with Crippen LogP contribution in [0.4, 0.5) is 0 Å². The SMILES string of the molecule is CCC(C)([C](C)C)C(C)C(C)C(C)C.